The summed E-state index contributed by atoms with van der Waals surface area (Å²) in [6.45, 7) is 5.76. The van der Waals surface area contributed by atoms with E-state index in [2.05, 4.69) is 6.92 Å². The van der Waals surface area contributed by atoms with E-state index < -0.39 is 16.9 Å². The van der Waals surface area contributed by atoms with Crippen LogP contribution in [0.2, 0.25) is 0 Å². The Hall–Kier alpha value is -1.19. The van der Waals surface area contributed by atoms with Gasteiger partial charge in [-0.15, -0.1) is 0 Å². The first kappa shape index (κ1) is 15.9. The second kappa shape index (κ2) is 8.08. The SMILES string of the molecule is CCC/C=C/C(=C\[C@H](C)O)S(=O)c1ccc(C)cc1. The van der Waals surface area contributed by atoms with Crippen LogP contribution >= 0.6 is 0 Å². The average Bonchev–Trinajstić information content (AvgIpc) is 2.37. The number of hydrogen-bond acceptors (Lipinski definition) is 2. The fourth-order valence-electron chi connectivity index (χ4n) is 1.58. The molecule has 2 atom stereocenters. The second-order valence-corrected chi connectivity index (χ2v) is 6.06. The first-order valence-corrected chi connectivity index (χ1v) is 7.74. The van der Waals surface area contributed by atoms with Crippen LogP contribution in [0.5, 0.6) is 0 Å². The molecule has 0 aliphatic rings. The monoisotopic (exact) mass is 278 g/mol. The molecule has 0 radical (unpaired) electrons. The van der Waals surface area contributed by atoms with Crippen molar-refractivity contribution < 1.29 is 9.32 Å². The third-order valence-electron chi connectivity index (χ3n) is 2.59. The first-order chi connectivity index (χ1) is 9.04. The zero-order valence-corrected chi connectivity index (χ0v) is 12.6. The van der Waals surface area contributed by atoms with Crippen molar-refractivity contribution in [2.75, 3.05) is 0 Å². The molecule has 104 valence electrons. The second-order valence-electron chi connectivity index (χ2n) is 4.58. The summed E-state index contributed by atoms with van der Waals surface area (Å²) in [4.78, 5) is 1.42. The molecule has 0 amide bonds. The van der Waals surface area contributed by atoms with Gasteiger partial charge in [0.15, 0.2) is 0 Å². The fraction of sp³-hybridized carbons (Fsp3) is 0.375. The fourth-order valence-corrected chi connectivity index (χ4v) is 2.78. The minimum absolute atomic E-state index is 0.601. The minimum Gasteiger partial charge on any atom is -0.389 e. The molecule has 3 heteroatoms. The molecule has 0 aliphatic carbocycles. The lowest BCUT2D eigenvalue weighted by molar-refractivity contribution is 0.244. The zero-order chi connectivity index (χ0) is 14.3. The number of unbranched alkanes of at least 4 members (excludes halogenated alkanes) is 1. The first-order valence-electron chi connectivity index (χ1n) is 6.59. The van der Waals surface area contributed by atoms with Crippen molar-refractivity contribution in [2.24, 2.45) is 0 Å². The Labute approximate surface area is 118 Å². The third-order valence-corrected chi connectivity index (χ3v) is 3.99. The van der Waals surface area contributed by atoms with Crippen LogP contribution in [0.4, 0.5) is 0 Å². The van der Waals surface area contributed by atoms with Crippen LogP contribution in [0.1, 0.15) is 32.3 Å². The van der Waals surface area contributed by atoms with E-state index in [0.717, 1.165) is 23.3 Å². The molecule has 0 heterocycles. The van der Waals surface area contributed by atoms with Gasteiger partial charge in [0, 0.05) is 9.80 Å². The van der Waals surface area contributed by atoms with Crippen molar-refractivity contribution in [3.05, 3.63) is 53.0 Å². The molecule has 0 bridgehead atoms. The van der Waals surface area contributed by atoms with Crippen molar-refractivity contribution in [1.29, 1.82) is 0 Å². The zero-order valence-electron chi connectivity index (χ0n) is 11.8. The predicted octanol–water partition coefficient (Wildman–Crippen LogP) is 3.72. The molecule has 0 aliphatic heterocycles. The van der Waals surface area contributed by atoms with E-state index >= 15 is 0 Å². The van der Waals surface area contributed by atoms with Crippen LogP contribution in [0.25, 0.3) is 0 Å². The summed E-state index contributed by atoms with van der Waals surface area (Å²) in [6.07, 6.45) is 6.89. The maximum absolute atomic E-state index is 12.5. The van der Waals surface area contributed by atoms with Gasteiger partial charge in [-0.05, 0) is 44.6 Å². The van der Waals surface area contributed by atoms with Gasteiger partial charge < -0.3 is 5.11 Å². The van der Waals surface area contributed by atoms with Gasteiger partial charge in [0.1, 0.15) is 0 Å². The smallest absolute Gasteiger partial charge is 0.0847 e. The Kier molecular flexibility index (Phi) is 6.74. The number of aliphatic hydroxyl groups excluding tert-OH is 1. The maximum atomic E-state index is 12.5. The van der Waals surface area contributed by atoms with E-state index in [1.807, 2.05) is 43.3 Å². The van der Waals surface area contributed by atoms with E-state index in [-0.39, 0.29) is 0 Å². The molecule has 0 fully saturated rings. The lowest BCUT2D eigenvalue weighted by Crippen LogP contribution is -2.00. The highest BCUT2D eigenvalue weighted by molar-refractivity contribution is 7.89. The van der Waals surface area contributed by atoms with Crippen molar-refractivity contribution in [2.45, 2.75) is 44.6 Å². The normalized spacial score (nSPS) is 15.7. The number of allylic oxidation sites excluding steroid dienone is 2. The lowest BCUT2D eigenvalue weighted by Gasteiger charge is -2.06. The number of rotatable bonds is 6. The van der Waals surface area contributed by atoms with Gasteiger partial charge in [0.2, 0.25) is 0 Å². The van der Waals surface area contributed by atoms with Gasteiger partial charge in [-0.1, -0.05) is 37.1 Å². The summed E-state index contributed by atoms with van der Waals surface area (Å²) in [5.41, 5.74) is 1.14. The van der Waals surface area contributed by atoms with Crippen LogP contribution in [-0.2, 0) is 10.8 Å². The molecule has 0 aromatic heterocycles. The van der Waals surface area contributed by atoms with E-state index in [1.54, 1.807) is 13.0 Å². The van der Waals surface area contributed by atoms with Gasteiger partial charge in [0.25, 0.3) is 0 Å². The maximum Gasteiger partial charge on any atom is 0.0847 e. The van der Waals surface area contributed by atoms with Gasteiger partial charge in [-0.25, -0.2) is 4.21 Å². The summed E-state index contributed by atoms with van der Waals surface area (Å²) < 4.78 is 12.5. The number of benzene rings is 1. The Morgan fingerprint density at radius 3 is 2.53 bits per heavy atom. The molecule has 0 saturated heterocycles. The number of aliphatic hydroxyl groups is 1. The molecular weight excluding hydrogens is 256 g/mol. The summed E-state index contributed by atoms with van der Waals surface area (Å²) >= 11 is 0. The third kappa shape index (κ3) is 5.53. The van der Waals surface area contributed by atoms with Gasteiger partial charge in [-0.3, -0.25) is 0 Å². The summed E-state index contributed by atoms with van der Waals surface area (Å²) in [5.74, 6) is 0. The lowest BCUT2D eigenvalue weighted by atomic mass is 10.2. The molecule has 2 nitrogen and oxygen atoms in total. The summed E-state index contributed by atoms with van der Waals surface area (Å²) in [7, 11) is -1.24. The van der Waals surface area contributed by atoms with Gasteiger partial charge in [-0.2, -0.15) is 0 Å². The Balaban J connectivity index is 2.97. The summed E-state index contributed by atoms with van der Waals surface area (Å²) in [6, 6.07) is 7.63. The van der Waals surface area contributed by atoms with Crippen molar-refractivity contribution in [3.8, 4) is 0 Å². The van der Waals surface area contributed by atoms with E-state index in [0.29, 0.717) is 4.91 Å². The van der Waals surface area contributed by atoms with E-state index in [4.69, 9.17) is 0 Å². The topological polar surface area (TPSA) is 37.3 Å². The molecule has 1 N–H and O–H groups in total. The molecule has 1 aromatic carbocycles. The Morgan fingerprint density at radius 1 is 1.37 bits per heavy atom. The van der Waals surface area contributed by atoms with Crippen molar-refractivity contribution >= 4 is 10.8 Å². The van der Waals surface area contributed by atoms with Crippen molar-refractivity contribution in [3.63, 3.8) is 0 Å². The predicted molar refractivity (Wildman–Crippen MR) is 81.4 cm³/mol. The molecule has 0 saturated carbocycles. The quantitative estimate of drug-likeness (QED) is 0.805. The van der Waals surface area contributed by atoms with Gasteiger partial charge in [0.05, 0.1) is 16.9 Å². The molecule has 0 spiro atoms. The van der Waals surface area contributed by atoms with Crippen LogP contribution in [0, 0.1) is 6.92 Å². The average molecular weight is 278 g/mol. The molecule has 1 unspecified atom stereocenters. The van der Waals surface area contributed by atoms with Gasteiger partial charge >= 0.3 is 0 Å². The molecular formula is C16H22O2S. The molecule has 19 heavy (non-hydrogen) atoms. The van der Waals surface area contributed by atoms with Crippen LogP contribution in [-0.4, -0.2) is 15.4 Å². The van der Waals surface area contributed by atoms with E-state index in [1.165, 1.54) is 0 Å². The van der Waals surface area contributed by atoms with Crippen molar-refractivity contribution in [1.82, 2.24) is 0 Å². The Morgan fingerprint density at radius 2 is 2.00 bits per heavy atom. The Bertz CT molecular complexity index is 470. The number of hydrogen-bond donors (Lipinski definition) is 1. The van der Waals surface area contributed by atoms with Crippen LogP contribution in [0.15, 0.2) is 52.3 Å². The highest BCUT2D eigenvalue weighted by Crippen LogP contribution is 2.17. The molecule has 1 aromatic rings. The van der Waals surface area contributed by atoms with Crippen LogP contribution in [0.3, 0.4) is 0 Å². The summed E-state index contributed by atoms with van der Waals surface area (Å²) in [5, 5.41) is 9.47. The minimum atomic E-state index is -1.24. The van der Waals surface area contributed by atoms with Crippen LogP contribution < -0.4 is 0 Å². The number of aryl methyl sites for hydroxylation is 1. The standard InChI is InChI=1S/C16H22O2S/c1-4-5-6-7-16(12-14(3)17)19(18)15-10-8-13(2)9-11-15/h6-12,14,17H,4-5H2,1-3H3/b7-6+,16-12+/t14-,19?/m0/s1. The molecule has 1 rings (SSSR count). The van der Waals surface area contributed by atoms with E-state index in [9.17, 15) is 9.32 Å². The largest absolute Gasteiger partial charge is 0.389 e. The highest BCUT2D eigenvalue weighted by Gasteiger charge is 2.08. The highest BCUT2D eigenvalue weighted by atomic mass is 32.2.